The number of carbonyl (C=O) groups is 3. The van der Waals surface area contributed by atoms with Crippen molar-refractivity contribution >= 4 is 17.9 Å². The Morgan fingerprint density at radius 2 is 1.53 bits per heavy atom. The van der Waals surface area contributed by atoms with Crippen LogP contribution in [0.3, 0.4) is 0 Å². The number of carbonyl (C=O) groups excluding carboxylic acids is 3. The van der Waals surface area contributed by atoms with Crippen molar-refractivity contribution in [2.75, 3.05) is 7.05 Å². The highest BCUT2D eigenvalue weighted by atomic mass is 16.6. The SMILES string of the molecule is CN(C(=O)OCc1ccccc1)C1CCC2(CC1)CC(N1C(=O)c3ccccc3C1=O)C2. The van der Waals surface area contributed by atoms with Crippen molar-refractivity contribution < 1.29 is 19.1 Å². The zero-order valence-electron chi connectivity index (χ0n) is 18.3. The smallest absolute Gasteiger partial charge is 0.410 e. The molecular weight excluding hydrogens is 404 g/mol. The summed E-state index contributed by atoms with van der Waals surface area (Å²) in [6.07, 6.45) is 5.31. The molecule has 6 nitrogen and oxygen atoms in total. The van der Waals surface area contributed by atoms with E-state index in [1.54, 1.807) is 29.2 Å². The summed E-state index contributed by atoms with van der Waals surface area (Å²) < 4.78 is 5.48. The van der Waals surface area contributed by atoms with Crippen molar-refractivity contribution in [1.82, 2.24) is 9.80 Å². The Morgan fingerprint density at radius 3 is 2.12 bits per heavy atom. The number of fused-ring (bicyclic) bond motifs is 1. The second-order valence-corrected chi connectivity index (χ2v) is 9.47. The number of hydrogen-bond donors (Lipinski definition) is 0. The van der Waals surface area contributed by atoms with Crippen LogP contribution in [0.25, 0.3) is 0 Å². The molecule has 0 saturated heterocycles. The van der Waals surface area contributed by atoms with Gasteiger partial charge < -0.3 is 9.64 Å². The third-order valence-electron chi connectivity index (χ3n) is 7.58. The van der Waals surface area contributed by atoms with Gasteiger partial charge in [-0.3, -0.25) is 14.5 Å². The van der Waals surface area contributed by atoms with Crippen LogP contribution in [0.2, 0.25) is 0 Å². The van der Waals surface area contributed by atoms with Gasteiger partial charge in [0, 0.05) is 19.1 Å². The molecule has 2 aromatic rings. The summed E-state index contributed by atoms with van der Waals surface area (Å²) >= 11 is 0. The summed E-state index contributed by atoms with van der Waals surface area (Å²) in [5.74, 6) is -0.305. The van der Waals surface area contributed by atoms with Crippen molar-refractivity contribution in [3.63, 3.8) is 0 Å². The quantitative estimate of drug-likeness (QED) is 0.660. The maximum absolute atomic E-state index is 12.7. The first-order valence-corrected chi connectivity index (χ1v) is 11.4. The largest absolute Gasteiger partial charge is 0.445 e. The standard InChI is InChI=1S/C26H28N2O4/c1-27(25(31)32-17-18-7-3-2-4-8-18)19-11-13-26(14-12-19)15-20(16-26)28-23(29)21-9-5-6-10-22(21)24(28)30/h2-10,19-20H,11-17H2,1H3. The van der Waals surface area contributed by atoms with Gasteiger partial charge in [0.05, 0.1) is 11.1 Å². The number of nitrogens with zero attached hydrogens (tertiary/aromatic N) is 2. The van der Waals surface area contributed by atoms with Gasteiger partial charge in [-0.15, -0.1) is 0 Å². The zero-order chi connectivity index (χ0) is 22.3. The Morgan fingerprint density at radius 1 is 0.969 bits per heavy atom. The molecule has 1 spiro atoms. The van der Waals surface area contributed by atoms with Crippen LogP contribution in [0.15, 0.2) is 54.6 Å². The van der Waals surface area contributed by atoms with E-state index in [0.717, 1.165) is 44.1 Å². The highest BCUT2D eigenvalue weighted by Gasteiger charge is 2.53. The molecule has 2 aliphatic carbocycles. The monoisotopic (exact) mass is 432 g/mol. The number of rotatable bonds is 4. The Bertz CT molecular complexity index is 1000. The summed E-state index contributed by atoms with van der Waals surface area (Å²) in [6.45, 7) is 0.280. The van der Waals surface area contributed by atoms with Crippen LogP contribution < -0.4 is 0 Å². The first-order chi connectivity index (χ1) is 15.5. The summed E-state index contributed by atoms with van der Waals surface area (Å²) in [6, 6.07) is 16.9. The maximum Gasteiger partial charge on any atom is 0.410 e. The zero-order valence-corrected chi connectivity index (χ0v) is 18.3. The van der Waals surface area contributed by atoms with Gasteiger partial charge in [0.15, 0.2) is 0 Å². The van der Waals surface area contributed by atoms with Crippen molar-refractivity contribution in [2.24, 2.45) is 5.41 Å². The van der Waals surface area contributed by atoms with Crippen LogP contribution in [-0.4, -0.2) is 46.8 Å². The first kappa shape index (κ1) is 20.7. The van der Waals surface area contributed by atoms with Gasteiger partial charge in [0.25, 0.3) is 11.8 Å². The Balaban J connectivity index is 1.12. The van der Waals surface area contributed by atoms with E-state index in [4.69, 9.17) is 4.74 Å². The lowest BCUT2D eigenvalue weighted by atomic mass is 9.57. The Labute approximate surface area is 188 Å². The first-order valence-electron chi connectivity index (χ1n) is 11.4. The molecule has 0 radical (unpaired) electrons. The van der Waals surface area contributed by atoms with Gasteiger partial charge in [-0.1, -0.05) is 42.5 Å². The minimum absolute atomic E-state index is 0.00693. The van der Waals surface area contributed by atoms with E-state index in [2.05, 4.69) is 0 Å². The number of amides is 3. The second-order valence-electron chi connectivity index (χ2n) is 9.47. The lowest BCUT2D eigenvalue weighted by molar-refractivity contribution is -0.0240. The molecule has 0 aromatic heterocycles. The van der Waals surface area contributed by atoms with Crippen LogP contribution in [0.5, 0.6) is 0 Å². The van der Waals surface area contributed by atoms with Crippen LogP contribution in [-0.2, 0) is 11.3 Å². The topological polar surface area (TPSA) is 66.9 Å². The molecular formula is C26H28N2O4. The molecule has 0 N–H and O–H groups in total. The highest BCUT2D eigenvalue weighted by molar-refractivity contribution is 6.21. The molecule has 1 aliphatic heterocycles. The van der Waals surface area contributed by atoms with Gasteiger partial charge in [-0.25, -0.2) is 4.79 Å². The highest BCUT2D eigenvalue weighted by Crippen LogP contribution is 2.54. The van der Waals surface area contributed by atoms with Crippen LogP contribution in [0.1, 0.15) is 64.8 Å². The molecule has 2 saturated carbocycles. The van der Waals surface area contributed by atoms with Gasteiger partial charge in [0.1, 0.15) is 6.61 Å². The van der Waals surface area contributed by atoms with Gasteiger partial charge in [0.2, 0.25) is 0 Å². The molecule has 0 bridgehead atoms. The van der Waals surface area contributed by atoms with Crippen molar-refractivity contribution in [3.8, 4) is 0 Å². The average Bonchev–Trinajstić information content (AvgIpc) is 3.06. The summed E-state index contributed by atoms with van der Waals surface area (Å²) in [7, 11) is 1.82. The molecule has 1 heterocycles. The van der Waals surface area contributed by atoms with Gasteiger partial charge in [-0.2, -0.15) is 0 Å². The molecule has 32 heavy (non-hydrogen) atoms. The predicted octanol–water partition coefficient (Wildman–Crippen LogP) is 4.64. The van der Waals surface area contributed by atoms with E-state index in [1.165, 1.54) is 4.90 Å². The van der Waals surface area contributed by atoms with E-state index >= 15 is 0 Å². The lowest BCUT2D eigenvalue weighted by Gasteiger charge is -2.54. The fourth-order valence-corrected chi connectivity index (χ4v) is 5.64. The van der Waals surface area contributed by atoms with Crippen LogP contribution >= 0.6 is 0 Å². The molecule has 2 aromatic carbocycles. The Hall–Kier alpha value is -3.15. The molecule has 2 fully saturated rings. The molecule has 5 rings (SSSR count). The summed E-state index contributed by atoms with van der Waals surface area (Å²) in [5.41, 5.74) is 2.21. The number of hydrogen-bond acceptors (Lipinski definition) is 4. The Kier molecular flexibility index (Phi) is 5.24. The molecule has 0 atom stereocenters. The fraction of sp³-hybridized carbons (Fsp3) is 0.423. The second kappa shape index (κ2) is 8.08. The van der Waals surface area contributed by atoms with Crippen LogP contribution in [0, 0.1) is 5.41 Å². The molecule has 0 unspecified atom stereocenters. The fourth-order valence-electron chi connectivity index (χ4n) is 5.64. The van der Waals surface area contributed by atoms with E-state index in [0.29, 0.717) is 11.1 Å². The maximum atomic E-state index is 12.7. The number of ether oxygens (including phenoxy) is 1. The molecule has 166 valence electrons. The lowest BCUT2D eigenvalue weighted by Crippen LogP contribution is -2.55. The van der Waals surface area contributed by atoms with Crippen molar-refractivity contribution in [3.05, 3.63) is 71.3 Å². The van der Waals surface area contributed by atoms with E-state index in [9.17, 15) is 14.4 Å². The van der Waals surface area contributed by atoms with Crippen molar-refractivity contribution in [2.45, 2.75) is 57.2 Å². The minimum Gasteiger partial charge on any atom is -0.445 e. The van der Waals surface area contributed by atoms with E-state index in [-0.39, 0.29) is 42.0 Å². The van der Waals surface area contributed by atoms with Crippen LogP contribution in [0.4, 0.5) is 4.79 Å². The molecule has 6 heteroatoms. The van der Waals surface area contributed by atoms with Gasteiger partial charge in [-0.05, 0) is 61.6 Å². The summed E-state index contributed by atoms with van der Waals surface area (Å²) in [5, 5.41) is 0. The average molecular weight is 433 g/mol. The summed E-state index contributed by atoms with van der Waals surface area (Å²) in [4.78, 5) is 41.2. The number of benzene rings is 2. The van der Waals surface area contributed by atoms with Gasteiger partial charge >= 0.3 is 6.09 Å². The van der Waals surface area contributed by atoms with Crippen molar-refractivity contribution in [1.29, 1.82) is 0 Å². The number of imide groups is 1. The third kappa shape index (κ3) is 3.57. The predicted molar refractivity (Wildman–Crippen MR) is 119 cm³/mol. The molecule has 3 amide bonds. The normalized spacial score (nSPS) is 26.6. The van der Waals surface area contributed by atoms with E-state index in [1.807, 2.05) is 37.4 Å². The minimum atomic E-state index is -0.285. The van der Waals surface area contributed by atoms with E-state index < -0.39 is 0 Å². The molecule has 3 aliphatic rings. The third-order valence-corrected chi connectivity index (χ3v) is 7.58.